The predicted molar refractivity (Wildman–Crippen MR) is 89.6 cm³/mol. The van der Waals surface area contributed by atoms with Crippen molar-refractivity contribution in [2.75, 3.05) is 16.8 Å². The summed E-state index contributed by atoms with van der Waals surface area (Å²) in [5.74, 6) is 0.191. The van der Waals surface area contributed by atoms with Crippen LogP contribution in [0.2, 0.25) is 0 Å². The molecule has 2 N–H and O–H groups in total. The Morgan fingerprint density at radius 1 is 1.09 bits per heavy atom. The number of aromatic hydroxyl groups is 1. The lowest BCUT2D eigenvalue weighted by Gasteiger charge is -2.08. The van der Waals surface area contributed by atoms with Crippen LogP contribution in [-0.4, -0.2) is 28.3 Å². The van der Waals surface area contributed by atoms with Gasteiger partial charge in [0, 0.05) is 5.56 Å². The lowest BCUT2D eigenvalue weighted by atomic mass is 10.2. The topological polar surface area (TPSA) is 66.4 Å². The van der Waals surface area contributed by atoms with Gasteiger partial charge in [-0.2, -0.15) is 0 Å². The van der Waals surface area contributed by atoms with E-state index in [1.807, 2.05) is 25.1 Å². The fourth-order valence-electron chi connectivity index (χ4n) is 1.88. The van der Waals surface area contributed by atoms with Gasteiger partial charge in [0.2, 0.25) is 5.91 Å². The zero-order valence-corrected chi connectivity index (χ0v) is 13.0. The third-order valence-corrected chi connectivity index (χ3v) is 3.92. The number of ketones is 1. The number of benzene rings is 2. The molecular formula is C17H17NO3S. The van der Waals surface area contributed by atoms with Crippen LogP contribution >= 0.6 is 11.8 Å². The molecule has 0 saturated heterocycles. The van der Waals surface area contributed by atoms with Crippen LogP contribution in [0.5, 0.6) is 5.75 Å². The monoisotopic (exact) mass is 315 g/mol. The molecule has 0 aliphatic carbocycles. The van der Waals surface area contributed by atoms with Crippen molar-refractivity contribution < 1.29 is 14.7 Å². The Hall–Kier alpha value is -2.27. The number of hydrogen-bond acceptors (Lipinski definition) is 4. The predicted octanol–water partition coefficient (Wildman–Crippen LogP) is 3.26. The highest BCUT2D eigenvalue weighted by molar-refractivity contribution is 8.00. The Labute approximate surface area is 133 Å². The van der Waals surface area contributed by atoms with E-state index in [1.54, 1.807) is 24.3 Å². The normalized spacial score (nSPS) is 10.2. The molecule has 0 aromatic heterocycles. The van der Waals surface area contributed by atoms with E-state index in [9.17, 15) is 14.7 Å². The van der Waals surface area contributed by atoms with Gasteiger partial charge in [-0.15, -0.1) is 11.8 Å². The van der Waals surface area contributed by atoms with Crippen molar-refractivity contribution in [1.82, 2.24) is 0 Å². The van der Waals surface area contributed by atoms with Crippen molar-refractivity contribution in [2.45, 2.75) is 6.92 Å². The number of phenolic OH excluding ortho intramolecular Hbond substituents is 1. The van der Waals surface area contributed by atoms with Gasteiger partial charge in [-0.1, -0.05) is 36.4 Å². The smallest absolute Gasteiger partial charge is 0.234 e. The number of phenols is 1. The SMILES string of the molecule is Cc1ccc(O)c(NC(=O)CSCC(=O)c2ccccc2)c1. The molecule has 0 heterocycles. The minimum absolute atomic E-state index is 0.00296. The van der Waals surface area contributed by atoms with Gasteiger partial charge in [-0.25, -0.2) is 0 Å². The summed E-state index contributed by atoms with van der Waals surface area (Å²) in [5, 5.41) is 12.3. The highest BCUT2D eigenvalue weighted by Crippen LogP contribution is 2.24. The number of hydrogen-bond donors (Lipinski definition) is 2. The van der Waals surface area contributed by atoms with E-state index < -0.39 is 0 Å². The summed E-state index contributed by atoms with van der Waals surface area (Å²) in [6.45, 7) is 1.88. The Morgan fingerprint density at radius 2 is 1.82 bits per heavy atom. The minimum Gasteiger partial charge on any atom is -0.506 e. The van der Waals surface area contributed by atoms with Gasteiger partial charge in [0.25, 0.3) is 0 Å². The Bertz CT molecular complexity index is 671. The lowest BCUT2D eigenvalue weighted by molar-refractivity contribution is -0.113. The van der Waals surface area contributed by atoms with Crippen molar-refractivity contribution in [3.63, 3.8) is 0 Å². The van der Waals surface area contributed by atoms with E-state index in [0.29, 0.717) is 11.3 Å². The highest BCUT2D eigenvalue weighted by Gasteiger charge is 2.09. The summed E-state index contributed by atoms with van der Waals surface area (Å²) in [6.07, 6.45) is 0. The minimum atomic E-state index is -0.244. The van der Waals surface area contributed by atoms with Crippen LogP contribution in [0.1, 0.15) is 15.9 Å². The van der Waals surface area contributed by atoms with Gasteiger partial charge in [0.05, 0.1) is 17.2 Å². The molecule has 2 rings (SSSR count). The van der Waals surface area contributed by atoms with E-state index >= 15 is 0 Å². The summed E-state index contributed by atoms with van der Waals surface area (Å²) in [6, 6.07) is 14.0. The number of aryl methyl sites for hydroxylation is 1. The number of carbonyl (C=O) groups excluding carboxylic acids is 2. The van der Waals surface area contributed by atoms with Gasteiger partial charge < -0.3 is 10.4 Å². The molecule has 0 bridgehead atoms. The van der Waals surface area contributed by atoms with Crippen molar-refractivity contribution >= 4 is 29.1 Å². The number of nitrogens with one attached hydrogen (secondary N) is 1. The number of rotatable bonds is 6. The number of anilines is 1. The number of carbonyl (C=O) groups is 2. The van der Waals surface area contributed by atoms with Crippen molar-refractivity contribution in [3.8, 4) is 5.75 Å². The maximum Gasteiger partial charge on any atom is 0.234 e. The first-order valence-electron chi connectivity index (χ1n) is 6.82. The molecule has 22 heavy (non-hydrogen) atoms. The zero-order valence-electron chi connectivity index (χ0n) is 12.2. The third kappa shape index (κ3) is 4.63. The molecule has 0 saturated carbocycles. The lowest BCUT2D eigenvalue weighted by Crippen LogP contribution is -2.15. The average molecular weight is 315 g/mol. The molecule has 4 nitrogen and oxygen atoms in total. The van der Waals surface area contributed by atoms with Crippen molar-refractivity contribution in [3.05, 3.63) is 59.7 Å². The van der Waals surface area contributed by atoms with Crippen LogP contribution in [0.25, 0.3) is 0 Å². The van der Waals surface area contributed by atoms with E-state index in [0.717, 1.165) is 5.56 Å². The van der Waals surface area contributed by atoms with Gasteiger partial charge in [0.1, 0.15) is 5.75 Å². The van der Waals surface area contributed by atoms with Crippen molar-refractivity contribution in [1.29, 1.82) is 0 Å². The standard InChI is InChI=1S/C17H17NO3S/c1-12-7-8-15(19)14(9-12)18-17(21)11-22-10-16(20)13-5-3-2-4-6-13/h2-9,19H,10-11H2,1H3,(H,18,21). The second-order valence-corrected chi connectivity index (χ2v) is 5.84. The van der Waals surface area contributed by atoms with Crippen LogP contribution in [0.4, 0.5) is 5.69 Å². The molecule has 0 atom stereocenters. The number of amides is 1. The molecule has 1 amide bonds. The largest absolute Gasteiger partial charge is 0.506 e. The van der Waals surface area contributed by atoms with Crippen LogP contribution < -0.4 is 5.32 Å². The van der Waals surface area contributed by atoms with E-state index in [-0.39, 0.29) is 28.9 Å². The number of thioether (sulfide) groups is 1. The maximum atomic E-state index is 11.9. The molecule has 0 spiro atoms. The first-order valence-corrected chi connectivity index (χ1v) is 7.97. The van der Waals surface area contributed by atoms with Gasteiger partial charge in [-0.05, 0) is 24.6 Å². The molecule has 0 fully saturated rings. The third-order valence-electron chi connectivity index (χ3n) is 2.99. The van der Waals surface area contributed by atoms with Gasteiger partial charge >= 0.3 is 0 Å². The maximum absolute atomic E-state index is 11.9. The Kier molecular flexibility index (Phi) is 5.61. The summed E-state index contributed by atoms with van der Waals surface area (Å²) < 4.78 is 0. The molecule has 5 heteroatoms. The van der Waals surface area contributed by atoms with Crippen LogP contribution in [-0.2, 0) is 4.79 Å². The quantitative estimate of drug-likeness (QED) is 0.634. The Balaban J connectivity index is 1.81. The molecule has 114 valence electrons. The summed E-state index contributed by atoms with van der Waals surface area (Å²) in [5.41, 5.74) is 1.98. The molecule has 0 aliphatic rings. The molecule has 0 unspecified atom stereocenters. The number of Topliss-reactive ketones (excluding diaryl/α,β-unsaturated/α-hetero) is 1. The summed E-state index contributed by atoms with van der Waals surface area (Å²) in [7, 11) is 0. The van der Waals surface area contributed by atoms with Crippen LogP contribution in [0.3, 0.4) is 0 Å². The fraction of sp³-hybridized carbons (Fsp3) is 0.176. The van der Waals surface area contributed by atoms with E-state index in [1.165, 1.54) is 17.8 Å². The van der Waals surface area contributed by atoms with Gasteiger partial charge in [0.15, 0.2) is 5.78 Å². The van der Waals surface area contributed by atoms with Crippen LogP contribution in [0.15, 0.2) is 48.5 Å². The first kappa shape index (κ1) is 16.1. The van der Waals surface area contributed by atoms with E-state index in [4.69, 9.17) is 0 Å². The summed E-state index contributed by atoms with van der Waals surface area (Å²) >= 11 is 1.25. The first-order chi connectivity index (χ1) is 10.6. The Morgan fingerprint density at radius 3 is 2.55 bits per heavy atom. The average Bonchev–Trinajstić information content (AvgIpc) is 2.51. The molecule has 0 aliphatic heterocycles. The fourth-order valence-corrected chi connectivity index (χ4v) is 2.59. The van der Waals surface area contributed by atoms with Crippen molar-refractivity contribution in [2.24, 2.45) is 0 Å². The van der Waals surface area contributed by atoms with Crippen LogP contribution in [0, 0.1) is 6.92 Å². The zero-order chi connectivity index (χ0) is 15.9. The van der Waals surface area contributed by atoms with E-state index in [2.05, 4.69) is 5.32 Å². The molecule has 2 aromatic carbocycles. The molecular weight excluding hydrogens is 298 g/mol. The molecule has 2 aromatic rings. The molecule has 0 radical (unpaired) electrons. The van der Waals surface area contributed by atoms with Gasteiger partial charge in [-0.3, -0.25) is 9.59 Å². The highest BCUT2D eigenvalue weighted by atomic mass is 32.2. The summed E-state index contributed by atoms with van der Waals surface area (Å²) in [4.78, 5) is 23.7. The second-order valence-electron chi connectivity index (χ2n) is 4.85. The second kappa shape index (κ2) is 7.66.